The number of aromatic nitrogens is 3. The van der Waals surface area contributed by atoms with Crippen LogP contribution in [-0.2, 0) is 0 Å². The van der Waals surface area contributed by atoms with Gasteiger partial charge in [-0.15, -0.1) is 21.5 Å². The number of para-hydroxylation sites is 1. The number of hydrogen-bond acceptors (Lipinski definition) is 7. The molecule has 1 aromatic carbocycles. The number of fused-ring (bicyclic) bond motifs is 1. The number of pyridine rings is 1. The second kappa shape index (κ2) is 6.66. The molecular weight excluding hydrogens is 362 g/mol. The summed E-state index contributed by atoms with van der Waals surface area (Å²) in [5.74, 6) is 1.06. The smallest absolute Gasteiger partial charge is 0.208 e. The molecule has 1 aliphatic heterocycles. The summed E-state index contributed by atoms with van der Waals surface area (Å²) in [6.45, 7) is 3.76. The fourth-order valence-corrected chi connectivity index (χ4v) is 4.89. The Morgan fingerprint density at radius 1 is 0.808 bits per heavy atom. The maximum Gasteiger partial charge on any atom is 0.208 e. The summed E-state index contributed by atoms with van der Waals surface area (Å²) >= 11 is 3.38. The van der Waals surface area contributed by atoms with E-state index in [2.05, 4.69) is 67.8 Å². The summed E-state index contributed by atoms with van der Waals surface area (Å²) in [4.78, 5) is 10.7. The van der Waals surface area contributed by atoms with Crippen LogP contribution in [0.5, 0.6) is 0 Å². The average molecular weight is 380 g/mol. The highest BCUT2D eigenvalue weighted by molar-refractivity contribution is 7.22. The molecule has 0 bridgehead atoms. The van der Waals surface area contributed by atoms with Crippen molar-refractivity contribution < 1.29 is 0 Å². The lowest BCUT2D eigenvalue weighted by molar-refractivity contribution is 0.645. The zero-order valence-corrected chi connectivity index (χ0v) is 15.7. The van der Waals surface area contributed by atoms with Gasteiger partial charge in [0.1, 0.15) is 5.82 Å². The summed E-state index contributed by atoms with van der Waals surface area (Å²) in [6.07, 6.45) is 0. The van der Waals surface area contributed by atoms with Gasteiger partial charge in [0.05, 0.1) is 10.4 Å². The monoisotopic (exact) mass is 379 g/mol. The Bertz CT molecular complexity index is 1020. The lowest BCUT2D eigenvalue weighted by Gasteiger charge is -2.35. The average Bonchev–Trinajstić information content (AvgIpc) is 3.39. The third-order valence-electron chi connectivity index (χ3n) is 4.60. The lowest BCUT2D eigenvalue weighted by atomic mass is 10.2. The topological polar surface area (TPSA) is 45.2 Å². The van der Waals surface area contributed by atoms with Gasteiger partial charge in [-0.2, -0.15) is 0 Å². The zero-order chi connectivity index (χ0) is 17.3. The molecule has 130 valence electrons. The van der Waals surface area contributed by atoms with Crippen molar-refractivity contribution in [3.05, 3.63) is 53.9 Å². The molecule has 0 N–H and O–H groups in total. The first kappa shape index (κ1) is 15.7. The number of thiophene rings is 1. The molecule has 0 amide bonds. The summed E-state index contributed by atoms with van der Waals surface area (Å²) < 4.78 is 0. The molecule has 5 rings (SSSR count). The van der Waals surface area contributed by atoms with Crippen LogP contribution in [0, 0.1) is 0 Å². The van der Waals surface area contributed by atoms with Gasteiger partial charge in [0.2, 0.25) is 5.13 Å². The highest BCUT2D eigenvalue weighted by Crippen LogP contribution is 2.32. The van der Waals surface area contributed by atoms with E-state index in [-0.39, 0.29) is 0 Å². The molecule has 0 atom stereocenters. The van der Waals surface area contributed by atoms with Crippen LogP contribution >= 0.6 is 22.7 Å². The highest BCUT2D eigenvalue weighted by Gasteiger charge is 2.21. The highest BCUT2D eigenvalue weighted by atomic mass is 32.1. The molecule has 0 aliphatic carbocycles. The van der Waals surface area contributed by atoms with Crippen molar-refractivity contribution in [2.45, 2.75) is 0 Å². The molecule has 3 aromatic heterocycles. The third-order valence-corrected chi connectivity index (χ3v) is 6.63. The quantitative estimate of drug-likeness (QED) is 0.535. The fraction of sp³-hybridized carbons (Fsp3) is 0.211. The van der Waals surface area contributed by atoms with E-state index >= 15 is 0 Å². The first-order valence-electron chi connectivity index (χ1n) is 8.60. The Kier molecular flexibility index (Phi) is 4.03. The molecular formula is C19H17N5S2. The predicted octanol–water partition coefficient (Wildman–Crippen LogP) is 4.14. The number of rotatable bonds is 3. The number of anilines is 2. The van der Waals surface area contributed by atoms with E-state index in [0.717, 1.165) is 47.7 Å². The van der Waals surface area contributed by atoms with E-state index in [1.807, 2.05) is 6.07 Å². The number of nitrogens with zero attached hydrogens (tertiary/aromatic N) is 5. The first-order chi connectivity index (χ1) is 12.9. The van der Waals surface area contributed by atoms with E-state index in [9.17, 15) is 0 Å². The SMILES string of the molecule is c1csc(-c2nnc(N3CCN(c4ccc5ccccc5n4)CC3)s2)c1. The van der Waals surface area contributed by atoms with E-state index < -0.39 is 0 Å². The number of benzene rings is 1. The van der Waals surface area contributed by atoms with E-state index in [4.69, 9.17) is 4.98 Å². The summed E-state index contributed by atoms with van der Waals surface area (Å²) in [6, 6.07) is 16.7. The molecule has 4 aromatic rings. The van der Waals surface area contributed by atoms with Crippen molar-refractivity contribution in [2.24, 2.45) is 0 Å². The van der Waals surface area contributed by atoms with Crippen molar-refractivity contribution >= 4 is 44.5 Å². The van der Waals surface area contributed by atoms with Gasteiger partial charge in [0, 0.05) is 31.6 Å². The maximum atomic E-state index is 4.82. The van der Waals surface area contributed by atoms with Crippen LogP contribution in [0.4, 0.5) is 10.9 Å². The number of hydrogen-bond donors (Lipinski definition) is 0. The Labute approximate surface area is 159 Å². The molecule has 0 saturated carbocycles. The molecule has 0 spiro atoms. The van der Waals surface area contributed by atoms with Gasteiger partial charge in [-0.25, -0.2) is 4.98 Å². The van der Waals surface area contributed by atoms with Crippen molar-refractivity contribution in [3.8, 4) is 9.88 Å². The van der Waals surface area contributed by atoms with E-state index in [0.29, 0.717) is 0 Å². The van der Waals surface area contributed by atoms with Crippen LogP contribution in [0.3, 0.4) is 0 Å². The van der Waals surface area contributed by atoms with Gasteiger partial charge in [-0.05, 0) is 29.6 Å². The van der Waals surface area contributed by atoms with Crippen LogP contribution in [0.15, 0.2) is 53.9 Å². The van der Waals surface area contributed by atoms with Crippen LogP contribution in [-0.4, -0.2) is 41.4 Å². The largest absolute Gasteiger partial charge is 0.353 e. The summed E-state index contributed by atoms with van der Waals surface area (Å²) in [5.41, 5.74) is 1.05. The van der Waals surface area contributed by atoms with Gasteiger partial charge in [0.25, 0.3) is 0 Å². The zero-order valence-electron chi connectivity index (χ0n) is 14.1. The molecule has 4 heterocycles. The van der Waals surface area contributed by atoms with Gasteiger partial charge in [-0.1, -0.05) is 35.6 Å². The maximum absolute atomic E-state index is 4.82. The number of piperazine rings is 1. The van der Waals surface area contributed by atoms with Gasteiger partial charge >= 0.3 is 0 Å². The van der Waals surface area contributed by atoms with Gasteiger partial charge in [-0.3, -0.25) is 0 Å². The van der Waals surface area contributed by atoms with E-state index in [1.54, 1.807) is 22.7 Å². The predicted molar refractivity (Wildman–Crippen MR) is 109 cm³/mol. The van der Waals surface area contributed by atoms with Crippen LogP contribution in [0.25, 0.3) is 20.8 Å². The molecule has 7 heteroatoms. The minimum Gasteiger partial charge on any atom is -0.353 e. The molecule has 1 aliphatic rings. The van der Waals surface area contributed by atoms with Crippen molar-refractivity contribution in [1.29, 1.82) is 0 Å². The van der Waals surface area contributed by atoms with Crippen LogP contribution in [0.1, 0.15) is 0 Å². The normalized spacial score (nSPS) is 14.9. The third kappa shape index (κ3) is 2.93. The van der Waals surface area contributed by atoms with Crippen molar-refractivity contribution in [3.63, 3.8) is 0 Å². The molecule has 0 unspecified atom stereocenters. The van der Waals surface area contributed by atoms with Crippen LogP contribution in [0.2, 0.25) is 0 Å². The first-order valence-corrected chi connectivity index (χ1v) is 10.3. The second-order valence-electron chi connectivity index (χ2n) is 6.20. The Morgan fingerprint density at radius 2 is 1.65 bits per heavy atom. The molecule has 5 nitrogen and oxygen atoms in total. The van der Waals surface area contributed by atoms with Gasteiger partial charge < -0.3 is 9.80 Å². The Morgan fingerprint density at radius 3 is 2.50 bits per heavy atom. The minimum atomic E-state index is 0.938. The fourth-order valence-electron chi connectivity index (χ4n) is 3.20. The molecule has 1 saturated heterocycles. The molecule has 1 fully saturated rings. The summed E-state index contributed by atoms with van der Waals surface area (Å²) in [7, 11) is 0. The van der Waals surface area contributed by atoms with Crippen molar-refractivity contribution in [1.82, 2.24) is 15.2 Å². The standard InChI is InChI=1S/C19H17N5S2/c1-2-5-15-14(4-1)7-8-17(20-15)23-9-11-24(12-10-23)19-22-21-18(26-19)16-6-3-13-25-16/h1-8,13H,9-12H2. The molecule has 26 heavy (non-hydrogen) atoms. The lowest BCUT2D eigenvalue weighted by Crippen LogP contribution is -2.46. The minimum absolute atomic E-state index is 0.938. The summed E-state index contributed by atoms with van der Waals surface area (Å²) in [5, 5.41) is 14.0. The second-order valence-corrected chi connectivity index (χ2v) is 8.11. The Balaban J connectivity index is 1.29. The molecule has 0 radical (unpaired) electrons. The van der Waals surface area contributed by atoms with Crippen LogP contribution < -0.4 is 9.80 Å². The Hall–Kier alpha value is -2.51. The van der Waals surface area contributed by atoms with Crippen molar-refractivity contribution in [2.75, 3.05) is 36.0 Å². The van der Waals surface area contributed by atoms with Gasteiger partial charge in [0.15, 0.2) is 5.01 Å². The van der Waals surface area contributed by atoms with E-state index in [1.165, 1.54) is 10.3 Å².